The summed E-state index contributed by atoms with van der Waals surface area (Å²) in [6.45, 7) is 6.74. The Hall–Kier alpha value is -2.89. The zero-order chi connectivity index (χ0) is 23.3. The lowest BCUT2D eigenvalue weighted by Crippen LogP contribution is -2.36. The molecular formula is C26H33N5O3. The van der Waals surface area contributed by atoms with Gasteiger partial charge in [-0.1, -0.05) is 19.1 Å². The summed E-state index contributed by atoms with van der Waals surface area (Å²) in [7, 11) is 0. The van der Waals surface area contributed by atoms with Gasteiger partial charge in [0.25, 0.3) is 0 Å². The first-order chi connectivity index (χ1) is 16.7. The highest BCUT2D eigenvalue weighted by atomic mass is 16.5. The molecule has 2 saturated heterocycles. The summed E-state index contributed by atoms with van der Waals surface area (Å²) in [4.78, 5) is 11.7. The standard InChI is InChI=1S/C26H33N5O3/c1-18-2-6-20(7-3-18)28-26-29-23(16-27)24(25(30-26)34-22-10-13-33-17-22)19-4-8-21(9-5-19)31-11-14-32-15-12-31/h4-5,8-9,18,20,22H,2-3,6-7,10-15,17H2,1H3,(H,28,29,30)/t18-,20+,22-/m1/s1. The van der Waals surface area contributed by atoms with Crippen molar-refractivity contribution in [2.45, 2.75) is 51.2 Å². The van der Waals surface area contributed by atoms with Crippen molar-refractivity contribution in [1.29, 1.82) is 5.26 Å². The number of rotatable bonds is 6. The van der Waals surface area contributed by atoms with Crippen molar-refractivity contribution in [3.8, 4) is 23.1 Å². The Morgan fingerprint density at radius 3 is 2.44 bits per heavy atom. The summed E-state index contributed by atoms with van der Waals surface area (Å²) >= 11 is 0. The van der Waals surface area contributed by atoms with Gasteiger partial charge in [-0.05, 0) is 49.3 Å². The summed E-state index contributed by atoms with van der Waals surface area (Å²) in [6.07, 6.45) is 5.30. The average molecular weight is 464 g/mol. The molecule has 0 spiro atoms. The minimum atomic E-state index is -0.0730. The lowest BCUT2D eigenvalue weighted by molar-refractivity contribution is 0.122. The van der Waals surface area contributed by atoms with Gasteiger partial charge in [-0.3, -0.25) is 0 Å². The Bertz CT molecular complexity index is 1000. The maximum Gasteiger partial charge on any atom is 0.228 e. The van der Waals surface area contributed by atoms with Gasteiger partial charge in [0.1, 0.15) is 12.2 Å². The summed E-state index contributed by atoms with van der Waals surface area (Å²) in [5.41, 5.74) is 2.99. The van der Waals surface area contributed by atoms with E-state index < -0.39 is 0 Å². The number of ether oxygens (including phenoxy) is 3. The van der Waals surface area contributed by atoms with Crippen LogP contribution in [0, 0.1) is 17.2 Å². The topological polar surface area (TPSA) is 92.5 Å². The van der Waals surface area contributed by atoms with E-state index in [-0.39, 0.29) is 6.10 Å². The Morgan fingerprint density at radius 1 is 1.00 bits per heavy atom. The lowest BCUT2D eigenvalue weighted by atomic mass is 9.87. The quantitative estimate of drug-likeness (QED) is 0.687. The van der Waals surface area contributed by atoms with Crippen molar-refractivity contribution in [2.75, 3.05) is 49.7 Å². The van der Waals surface area contributed by atoms with Crippen LogP contribution in [0.4, 0.5) is 11.6 Å². The van der Waals surface area contributed by atoms with Gasteiger partial charge >= 0.3 is 0 Å². The van der Waals surface area contributed by atoms with Gasteiger partial charge in [0.2, 0.25) is 11.8 Å². The molecular weight excluding hydrogens is 430 g/mol. The largest absolute Gasteiger partial charge is 0.471 e. The molecule has 8 heteroatoms. The predicted octanol–water partition coefficient (Wildman–Crippen LogP) is 4.01. The molecule has 0 radical (unpaired) electrons. The van der Waals surface area contributed by atoms with Gasteiger partial charge in [0.15, 0.2) is 5.69 Å². The number of hydrogen-bond donors (Lipinski definition) is 1. The molecule has 1 aromatic carbocycles. The molecule has 2 aromatic rings. The smallest absolute Gasteiger partial charge is 0.228 e. The highest BCUT2D eigenvalue weighted by Gasteiger charge is 2.25. The van der Waals surface area contributed by atoms with Crippen LogP contribution < -0.4 is 15.0 Å². The Labute approximate surface area is 201 Å². The van der Waals surface area contributed by atoms with Crippen molar-refractivity contribution in [2.24, 2.45) is 5.92 Å². The third kappa shape index (κ3) is 5.26. The first kappa shape index (κ1) is 22.9. The molecule has 3 fully saturated rings. The zero-order valence-corrected chi connectivity index (χ0v) is 19.8. The molecule has 1 aromatic heterocycles. The van der Waals surface area contributed by atoms with Crippen LogP contribution in [0.15, 0.2) is 24.3 Å². The SMILES string of the molecule is C[C@H]1CC[C@@H](Nc2nc(C#N)c(-c3ccc(N4CCOCC4)cc3)c(O[C@@H]3CCOC3)n2)CC1. The van der Waals surface area contributed by atoms with Crippen LogP contribution >= 0.6 is 0 Å². The van der Waals surface area contributed by atoms with Crippen molar-refractivity contribution in [1.82, 2.24) is 9.97 Å². The third-order valence-electron chi connectivity index (χ3n) is 7.03. The molecule has 0 unspecified atom stereocenters. The van der Waals surface area contributed by atoms with Gasteiger partial charge in [0, 0.05) is 31.2 Å². The van der Waals surface area contributed by atoms with E-state index in [0.29, 0.717) is 42.3 Å². The fourth-order valence-electron chi connectivity index (χ4n) is 4.94. The van der Waals surface area contributed by atoms with Crippen molar-refractivity contribution in [3.05, 3.63) is 30.0 Å². The predicted molar refractivity (Wildman–Crippen MR) is 130 cm³/mol. The molecule has 5 rings (SSSR count). The van der Waals surface area contributed by atoms with E-state index in [2.05, 4.69) is 40.3 Å². The van der Waals surface area contributed by atoms with E-state index in [1.165, 1.54) is 12.8 Å². The van der Waals surface area contributed by atoms with E-state index in [1.54, 1.807) is 0 Å². The number of anilines is 2. The Morgan fingerprint density at radius 2 is 1.76 bits per heavy atom. The normalized spacial score (nSPS) is 25.1. The number of hydrogen-bond acceptors (Lipinski definition) is 8. The number of morpholine rings is 1. The van der Waals surface area contributed by atoms with Gasteiger partial charge in [0.05, 0.1) is 32.0 Å². The zero-order valence-electron chi connectivity index (χ0n) is 19.8. The van der Waals surface area contributed by atoms with Gasteiger partial charge in [-0.25, -0.2) is 4.98 Å². The highest BCUT2D eigenvalue weighted by Crippen LogP contribution is 2.35. The minimum absolute atomic E-state index is 0.0730. The second-order valence-electron chi connectivity index (χ2n) is 9.54. The van der Waals surface area contributed by atoms with Crippen molar-refractivity contribution < 1.29 is 14.2 Å². The first-order valence-electron chi connectivity index (χ1n) is 12.5. The molecule has 0 bridgehead atoms. The van der Waals surface area contributed by atoms with Crippen LogP contribution in [-0.2, 0) is 9.47 Å². The Kier molecular flexibility index (Phi) is 7.12. The Balaban J connectivity index is 1.45. The fraction of sp³-hybridized carbons (Fsp3) is 0.577. The number of nitrogens with zero attached hydrogens (tertiary/aromatic N) is 4. The van der Waals surface area contributed by atoms with E-state index in [0.717, 1.165) is 62.7 Å². The minimum Gasteiger partial charge on any atom is -0.471 e. The van der Waals surface area contributed by atoms with Crippen LogP contribution in [0.2, 0.25) is 0 Å². The average Bonchev–Trinajstić information content (AvgIpc) is 3.39. The van der Waals surface area contributed by atoms with Crippen LogP contribution in [0.3, 0.4) is 0 Å². The van der Waals surface area contributed by atoms with Crippen molar-refractivity contribution >= 4 is 11.6 Å². The maximum absolute atomic E-state index is 10.0. The van der Waals surface area contributed by atoms with E-state index in [4.69, 9.17) is 19.2 Å². The number of nitriles is 1. The highest BCUT2D eigenvalue weighted by molar-refractivity contribution is 5.75. The molecule has 1 atom stereocenters. The molecule has 3 aliphatic rings. The molecule has 0 amide bonds. The molecule has 1 aliphatic carbocycles. The lowest BCUT2D eigenvalue weighted by Gasteiger charge is -2.29. The maximum atomic E-state index is 10.0. The molecule has 1 saturated carbocycles. The van der Waals surface area contributed by atoms with Crippen LogP contribution in [0.5, 0.6) is 5.88 Å². The second kappa shape index (κ2) is 10.6. The van der Waals surface area contributed by atoms with Gasteiger partial charge < -0.3 is 24.4 Å². The van der Waals surface area contributed by atoms with E-state index in [1.807, 2.05) is 12.1 Å². The first-order valence-corrected chi connectivity index (χ1v) is 12.5. The van der Waals surface area contributed by atoms with Crippen LogP contribution in [0.25, 0.3) is 11.1 Å². The molecule has 1 N–H and O–H groups in total. The summed E-state index contributed by atoms with van der Waals surface area (Å²) in [5.74, 6) is 1.68. The van der Waals surface area contributed by atoms with Crippen LogP contribution in [0.1, 0.15) is 44.7 Å². The third-order valence-corrected chi connectivity index (χ3v) is 7.03. The van der Waals surface area contributed by atoms with Gasteiger partial charge in [-0.15, -0.1) is 0 Å². The van der Waals surface area contributed by atoms with Crippen LogP contribution in [-0.4, -0.2) is 61.6 Å². The summed E-state index contributed by atoms with van der Waals surface area (Å²) in [6, 6.07) is 10.8. The summed E-state index contributed by atoms with van der Waals surface area (Å²) in [5, 5.41) is 13.5. The second-order valence-corrected chi connectivity index (χ2v) is 9.54. The van der Waals surface area contributed by atoms with E-state index in [9.17, 15) is 5.26 Å². The molecule has 8 nitrogen and oxygen atoms in total. The van der Waals surface area contributed by atoms with Gasteiger partial charge in [-0.2, -0.15) is 10.2 Å². The monoisotopic (exact) mass is 463 g/mol. The molecule has 34 heavy (non-hydrogen) atoms. The number of benzene rings is 1. The summed E-state index contributed by atoms with van der Waals surface area (Å²) < 4.78 is 17.3. The van der Waals surface area contributed by atoms with Crippen molar-refractivity contribution in [3.63, 3.8) is 0 Å². The van der Waals surface area contributed by atoms with E-state index >= 15 is 0 Å². The molecule has 3 heterocycles. The number of aromatic nitrogens is 2. The molecule has 180 valence electrons. The molecule has 2 aliphatic heterocycles. The fourth-order valence-corrected chi connectivity index (χ4v) is 4.94. The number of nitrogens with one attached hydrogen (secondary N) is 1.